The van der Waals surface area contributed by atoms with E-state index in [0.717, 1.165) is 15.6 Å². The maximum atomic E-state index is 11.1. The largest absolute Gasteiger partial charge is 0.484 e. The third-order valence-corrected chi connectivity index (χ3v) is 3.67. The van der Waals surface area contributed by atoms with E-state index < -0.39 is 5.97 Å². The number of nitrogens with zero attached hydrogens (tertiary/aromatic N) is 2. The van der Waals surface area contributed by atoms with E-state index in [1.165, 1.54) is 0 Å². The Balaban J connectivity index is 2.17. The van der Waals surface area contributed by atoms with Crippen molar-refractivity contribution in [1.82, 2.24) is 9.97 Å². The first kappa shape index (κ1) is 13.5. The van der Waals surface area contributed by atoms with Gasteiger partial charge in [0.05, 0.1) is 5.69 Å². The van der Waals surface area contributed by atoms with E-state index >= 15 is 0 Å². The topological polar surface area (TPSA) is 72.3 Å². The number of carbonyl (C=O) groups is 1. The maximum Gasteiger partial charge on any atom is 0.358 e. The van der Waals surface area contributed by atoms with Crippen molar-refractivity contribution in [2.24, 2.45) is 0 Å². The molecule has 0 saturated heterocycles. The van der Waals surface area contributed by atoms with Gasteiger partial charge in [-0.15, -0.1) is 11.3 Å². The Hall–Kier alpha value is -1.95. The Morgan fingerprint density at radius 2 is 2.05 bits per heavy atom. The first-order valence-corrected chi connectivity index (χ1v) is 6.55. The molecule has 2 heterocycles. The fourth-order valence-corrected chi connectivity index (χ4v) is 2.40. The molecule has 2 aromatic rings. The second-order valence-electron chi connectivity index (χ2n) is 4.14. The summed E-state index contributed by atoms with van der Waals surface area (Å²) in [5.74, 6) is -0.825. The van der Waals surface area contributed by atoms with E-state index in [4.69, 9.17) is 9.84 Å². The van der Waals surface area contributed by atoms with E-state index in [1.54, 1.807) is 30.4 Å². The van der Waals surface area contributed by atoms with Crippen molar-refractivity contribution in [1.29, 1.82) is 0 Å². The Morgan fingerprint density at radius 3 is 2.63 bits per heavy atom. The molecule has 2 rings (SSSR count). The van der Waals surface area contributed by atoms with Gasteiger partial charge in [0.25, 0.3) is 0 Å². The fourth-order valence-electron chi connectivity index (χ4n) is 1.55. The Labute approximate surface area is 114 Å². The number of rotatable bonds is 4. The average molecular weight is 278 g/mol. The van der Waals surface area contributed by atoms with Gasteiger partial charge in [0.1, 0.15) is 11.6 Å². The summed E-state index contributed by atoms with van der Waals surface area (Å²) in [6.45, 7) is 5.92. The Bertz CT molecular complexity index is 603. The number of carboxylic acid groups (broad SMARTS) is 1. The number of thiazole rings is 1. The normalized spacial score (nSPS) is 10.5. The zero-order valence-corrected chi connectivity index (χ0v) is 11.7. The second-order valence-corrected chi connectivity index (χ2v) is 5.43. The van der Waals surface area contributed by atoms with Gasteiger partial charge >= 0.3 is 5.97 Å². The first-order chi connectivity index (χ1) is 8.97. The van der Waals surface area contributed by atoms with E-state index in [9.17, 15) is 4.79 Å². The number of aromatic carboxylic acids is 1. The van der Waals surface area contributed by atoms with Crippen LogP contribution in [-0.4, -0.2) is 21.0 Å². The second kappa shape index (κ2) is 5.36. The van der Waals surface area contributed by atoms with Crippen molar-refractivity contribution in [2.75, 3.05) is 0 Å². The quantitative estimate of drug-likeness (QED) is 0.931. The number of pyridine rings is 1. The van der Waals surface area contributed by atoms with Gasteiger partial charge in [0, 0.05) is 10.6 Å². The lowest BCUT2D eigenvalue weighted by molar-refractivity contribution is 0.0684. The minimum Gasteiger partial charge on any atom is -0.484 e. The predicted molar refractivity (Wildman–Crippen MR) is 71.9 cm³/mol. The predicted octanol–water partition coefficient (Wildman–Crippen LogP) is 2.74. The Kier molecular flexibility index (Phi) is 3.80. The molecule has 0 amide bonds. The van der Waals surface area contributed by atoms with Crippen molar-refractivity contribution in [3.63, 3.8) is 0 Å². The minimum atomic E-state index is -1.09. The van der Waals surface area contributed by atoms with Crippen LogP contribution in [0.1, 0.15) is 31.8 Å². The fraction of sp³-hybridized carbons (Fsp3) is 0.308. The molecule has 0 unspecified atom stereocenters. The number of aromatic nitrogens is 2. The highest BCUT2D eigenvalue weighted by Gasteiger charge is 2.14. The number of ether oxygens (including phenoxy) is 1. The highest BCUT2D eigenvalue weighted by atomic mass is 32.1. The third-order valence-electron chi connectivity index (χ3n) is 2.62. The van der Waals surface area contributed by atoms with Crippen LogP contribution in [0.5, 0.6) is 5.75 Å². The van der Waals surface area contributed by atoms with Crippen molar-refractivity contribution in [3.05, 3.63) is 39.1 Å². The zero-order valence-electron chi connectivity index (χ0n) is 10.9. The minimum absolute atomic E-state index is 0.0648. The van der Waals surface area contributed by atoms with Crippen LogP contribution in [0.25, 0.3) is 0 Å². The SMILES string of the molecule is Cc1ccc(OCc2nc(C)c(C)s2)c(C(=O)O)n1. The molecule has 0 bridgehead atoms. The molecule has 2 aromatic heterocycles. The van der Waals surface area contributed by atoms with Crippen LogP contribution in [0, 0.1) is 20.8 Å². The van der Waals surface area contributed by atoms with Crippen LogP contribution in [0.15, 0.2) is 12.1 Å². The molecule has 0 aliphatic heterocycles. The van der Waals surface area contributed by atoms with Gasteiger partial charge in [-0.25, -0.2) is 14.8 Å². The molecule has 0 fully saturated rings. The number of hydrogen-bond acceptors (Lipinski definition) is 5. The summed E-state index contributed by atoms with van der Waals surface area (Å²) in [4.78, 5) is 20.5. The highest BCUT2D eigenvalue weighted by Crippen LogP contribution is 2.21. The van der Waals surface area contributed by atoms with Gasteiger partial charge in [-0.05, 0) is 32.9 Å². The highest BCUT2D eigenvalue weighted by molar-refractivity contribution is 7.11. The number of hydrogen-bond donors (Lipinski definition) is 1. The molecule has 0 aliphatic rings. The molecular formula is C13H14N2O3S. The smallest absolute Gasteiger partial charge is 0.358 e. The van der Waals surface area contributed by atoms with Crippen molar-refractivity contribution in [3.8, 4) is 5.75 Å². The molecule has 5 nitrogen and oxygen atoms in total. The summed E-state index contributed by atoms with van der Waals surface area (Å²) in [5.41, 5.74) is 1.56. The summed E-state index contributed by atoms with van der Waals surface area (Å²) in [7, 11) is 0. The molecule has 0 aliphatic carbocycles. The molecule has 100 valence electrons. The van der Waals surface area contributed by atoms with Gasteiger partial charge in [-0.1, -0.05) is 0 Å². The van der Waals surface area contributed by atoms with Crippen LogP contribution < -0.4 is 4.74 Å². The van der Waals surface area contributed by atoms with Crippen molar-refractivity contribution < 1.29 is 14.6 Å². The molecule has 0 radical (unpaired) electrons. The maximum absolute atomic E-state index is 11.1. The van der Waals surface area contributed by atoms with Gasteiger partial charge in [-0.2, -0.15) is 0 Å². The summed E-state index contributed by atoms with van der Waals surface area (Å²) in [6, 6.07) is 3.35. The lowest BCUT2D eigenvalue weighted by Crippen LogP contribution is -2.06. The summed E-state index contributed by atoms with van der Waals surface area (Å²) < 4.78 is 5.51. The molecule has 0 saturated carbocycles. The molecular weight excluding hydrogens is 264 g/mol. The third kappa shape index (κ3) is 3.08. The molecule has 0 aromatic carbocycles. The molecule has 0 spiro atoms. The molecule has 19 heavy (non-hydrogen) atoms. The summed E-state index contributed by atoms with van der Waals surface area (Å²) in [6.07, 6.45) is 0. The van der Waals surface area contributed by atoms with E-state index in [1.807, 2.05) is 13.8 Å². The summed E-state index contributed by atoms with van der Waals surface area (Å²) in [5, 5.41) is 9.91. The molecule has 0 atom stereocenters. The summed E-state index contributed by atoms with van der Waals surface area (Å²) >= 11 is 1.55. The lowest BCUT2D eigenvalue weighted by atomic mass is 10.3. The standard InChI is InChI=1S/C13H14N2O3S/c1-7-4-5-10(12(14-7)13(16)17)18-6-11-15-8(2)9(3)19-11/h4-5H,6H2,1-3H3,(H,16,17). The van der Waals surface area contributed by atoms with Gasteiger partial charge < -0.3 is 9.84 Å². The van der Waals surface area contributed by atoms with Gasteiger partial charge in [0.15, 0.2) is 11.4 Å². The van der Waals surface area contributed by atoms with Crippen LogP contribution in [0.4, 0.5) is 0 Å². The Morgan fingerprint density at radius 1 is 1.32 bits per heavy atom. The van der Waals surface area contributed by atoms with Crippen LogP contribution >= 0.6 is 11.3 Å². The van der Waals surface area contributed by atoms with E-state index in [-0.39, 0.29) is 18.1 Å². The van der Waals surface area contributed by atoms with Gasteiger partial charge in [-0.3, -0.25) is 0 Å². The monoisotopic (exact) mass is 278 g/mol. The average Bonchev–Trinajstić information content (AvgIpc) is 2.67. The van der Waals surface area contributed by atoms with Crippen molar-refractivity contribution in [2.45, 2.75) is 27.4 Å². The number of carboxylic acids is 1. The van der Waals surface area contributed by atoms with Crippen molar-refractivity contribution >= 4 is 17.3 Å². The van der Waals surface area contributed by atoms with E-state index in [2.05, 4.69) is 9.97 Å². The lowest BCUT2D eigenvalue weighted by Gasteiger charge is -2.07. The first-order valence-electron chi connectivity index (χ1n) is 5.74. The molecule has 1 N–H and O–H groups in total. The van der Waals surface area contributed by atoms with Crippen LogP contribution in [0.2, 0.25) is 0 Å². The molecule has 6 heteroatoms. The zero-order chi connectivity index (χ0) is 14.0. The van der Waals surface area contributed by atoms with Crippen LogP contribution in [0.3, 0.4) is 0 Å². The van der Waals surface area contributed by atoms with Crippen LogP contribution in [-0.2, 0) is 6.61 Å². The van der Waals surface area contributed by atoms with Gasteiger partial charge in [0.2, 0.25) is 0 Å². The van der Waals surface area contributed by atoms with E-state index in [0.29, 0.717) is 5.69 Å². The number of aryl methyl sites for hydroxylation is 3.